The first-order valence-electron chi connectivity index (χ1n) is 6.35. The van der Waals surface area contributed by atoms with Crippen LogP contribution in [0, 0.1) is 0 Å². The zero-order valence-electron chi connectivity index (χ0n) is 10.9. The van der Waals surface area contributed by atoms with E-state index in [1.165, 1.54) is 0 Å². The largest absolute Gasteiger partial charge is 0.284 e. The lowest BCUT2D eigenvalue weighted by Crippen LogP contribution is -2.17. The van der Waals surface area contributed by atoms with E-state index in [0.29, 0.717) is 12.1 Å². The molecule has 0 amide bonds. The molecule has 0 saturated carbocycles. The number of nitrogens with one attached hydrogen (secondary N) is 1. The predicted molar refractivity (Wildman–Crippen MR) is 86.3 cm³/mol. The Hall–Kier alpha value is -1.33. The van der Waals surface area contributed by atoms with Gasteiger partial charge in [-0.2, -0.15) is 0 Å². The summed E-state index contributed by atoms with van der Waals surface area (Å²) in [6.07, 6.45) is 1.37. The van der Waals surface area contributed by atoms with Crippen molar-refractivity contribution in [2.75, 3.05) is 10.5 Å². The van der Waals surface area contributed by atoms with Crippen LogP contribution in [-0.4, -0.2) is 14.2 Å². The molecule has 0 fully saturated rings. The molecule has 0 aliphatic carbocycles. The van der Waals surface area contributed by atoms with Crippen LogP contribution in [0.25, 0.3) is 0 Å². The molecule has 0 unspecified atom stereocenters. The van der Waals surface area contributed by atoms with Crippen LogP contribution in [0.5, 0.6) is 0 Å². The molecule has 106 valence electrons. The van der Waals surface area contributed by atoms with Crippen molar-refractivity contribution in [3.63, 3.8) is 0 Å². The van der Waals surface area contributed by atoms with Crippen LogP contribution in [0.15, 0.2) is 59.1 Å². The summed E-state index contributed by atoms with van der Waals surface area (Å²) in [7, 11) is -3.28. The molecule has 5 heteroatoms. The SMILES string of the molecule is O=S(=O)(CCCc1ccccc1)Nc1ccc(Br)cc1. The molecule has 0 bridgehead atoms. The molecule has 1 N–H and O–H groups in total. The monoisotopic (exact) mass is 353 g/mol. The van der Waals surface area contributed by atoms with Gasteiger partial charge < -0.3 is 0 Å². The molecule has 0 aliphatic rings. The first-order chi connectivity index (χ1) is 9.55. The van der Waals surface area contributed by atoms with E-state index in [2.05, 4.69) is 20.7 Å². The molecule has 2 aromatic carbocycles. The number of hydrogen-bond donors (Lipinski definition) is 1. The van der Waals surface area contributed by atoms with Gasteiger partial charge in [0.2, 0.25) is 10.0 Å². The minimum absolute atomic E-state index is 0.123. The summed E-state index contributed by atoms with van der Waals surface area (Å²) >= 11 is 3.32. The number of halogens is 1. The minimum atomic E-state index is -3.28. The molecule has 3 nitrogen and oxygen atoms in total. The molecule has 0 radical (unpaired) electrons. The van der Waals surface area contributed by atoms with Crippen LogP contribution < -0.4 is 4.72 Å². The Morgan fingerprint density at radius 1 is 0.950 bits per heavy atom. The van der Waals surface area contributed by atoms with Gasteiger partial charge in [0.15, 0.2) is 0 Å². The van der Waals surface area contributed by atoms with Crippen LogP contribution in [0.3, 0.4) is 0 Å². The van der Waals surface area contributed by atoms with Crippen LogP contribution >= 0.6 is 15.9 Å². The van der Waals surface area contributed by atoms with Crippen LogP contribution in [-0.2, 0) is 16.4 Å². The molecular weight excluding hydrogens is 338 g/mol. The van der Waals surface area contributed by atoms with E-state index in [1.807, 2.05) is 42.5 Å². The second kappa shape index (κ2) is 6.90. The fourth-order valence-electron chi connectivity index (χ4n) is 1.86. The molecule has 2 aromatic rings. The van der Waals surface area contributed by atoms with Gasteiger partial charge in [-0.25, -0.2) is 8.42 Å². The Kier molecular flexibility index (Phi) is 5.20. The van der Waals surface area contributed by atoms with Crippen molar-refractivity contribution >= 4 is 31.6 Å². The summed E-state index contributed by atoms with van der Waals surface area (Å²) in [6.45, 7) is 0. The summed E-state index contributed by atoms with van der Waals surface area (Å²) in [5.74, 6) is 0.123. The van der Waals surface area contributed by atoms with E-state index in [0.717, 1.165) is 16.5 Å². The number of benzene rings is 2. The predicted octanol–water partition coefficient (Wildman–Crippen LogP) is 3.82. The van der Waals surface area contributed by atoms with E-state index >= 15 is 0 Å². The molecule has 0 aromatic heterocycles. The Balaban J connectivity index is 1.86. The van der Waals surface area contributed by atoms with Crippen LogP contribution in [0.1, 0.15) is 12.0 Å². The maximum Gasteiger partial charge on any atom is 0.232 e. The lowest BCUT2D eigenvalue weighted by atomic mass is 10.1. The van der Waals surface area contributed by atoms with Crippen molar-refractivity contribution in [3.05, 3.63) is 64.6 Å². The molecule has 0 heterocycles. The smallest absolute Gasteiger partial charge is 0.232 e. The summed E-state index contributed by atoms with van der Waals surface area (Å²) in [6, 6.07) is 17.0. The standard InChI is InChI=1S/C15H16BrNO2S/c16-14-8-10-15(11-9-14)17-20(18,19)12-4-7-13-5-2-1-3-6-13/h1-3,5-6,8-11,17H,4,7,12H2. The number of sulfonamides is 1. The molecule has 0 spiro atoms. The van der Waals surface area contributed by atoms with Gasteiger partial charge in [0.25, 0.3) is 0 Å². The van der Waals surface area contributed by atoms with Gasteiger partial charge in [-0.05, 0) is 42.7 Å². The van der Waals surface area contributed by atoms with E-state index in [-0.39, 0.29) is 5.75 Å². The maximum atomic E-state index is 12.0. The fraction of sp³-hybridized carbons (Fsp3) is 0.200. The van der Waals surface area contributed by atoms with Crippen LogP contribution in [0.4, 0.5) is 5.69 Å². The van der Waals surface area contributed by atoms with E-state index in [1.54, 1.807) is 12.1 Å². The molecular formula is C15H16BrNO2S. The Bertz CT molecular complexity index is 639. The zero-order chi connectivity index (χ0) is 14.4. The summed E-state index contributed by atoms with van der Waals surface area (Å²) in [5.41, 5.74) is 1.75. The molecule has 0 atom stereocenters. The second-order valence-corrected chi connectivity index (χ2v) is 7.27. The Morgan fingerprint density at radius 2 is 1.60 bits per heavy atom. The second-order valence-electron chi connectivity index (χ2n) is 4.52. The number of anilines is 1. The van der Waals surface area contributed by atoms with Crippen LogP contribution in [0.2, 0.25) is 0 Å². The van der Waals surface area contributed by atoms with Gasteiger partial charge >= 0.3 is 0 Å². The van der Waals surface area contributed by atoms with Crippen molar-refractivity contribution in [1.29, 1.82) is 0 Å². The summed E-state index contributed by atoms with van der Waals surface area (Å²) in [5, 5.41) is 0. The maximum absolute atomic E-state index is 12.0. The van der Waals surface area contributed by atoms with Crippen molar-refractivity contribution < 1.29 is 8.42 Å². The van der Waals surface area contributed by atoms with Gasteiger partial charge in [-0.1, -0.05) is 46.3 Å². The molecule has 20 heavy (non-hydrogen) atoms. The summed E-state index contributed by atoms with van der Waals surface area (Å²) < 4.78 is 27.4. The Morgan fingerprint density at radius 3 is 2.25 bits per heavy atom. The first kappa shape index (κ1) is 15.1. The van der Waals surface area contributed by atoms with E-state index in [9.17, 15) is 8.42 Å². The highest BCUT2D eigenvalue weighted by Gasteiger charge is 2.10. The minimum Gasteiger partial charge on any atom is -0.284 e. The van der Waals surface area contributed by atoms with Gasteiger partial charge in [0.1, 0.15) is 0 Å². The molecule has 0 saturated heterocycles. The first-order valence-corrected chi connectivity index (χ1v) is 8.80. The topological polar surface area (TPSA) is 46.2 Å². The third kappa shape index (κ3) is 4.98. The van der Waals surface area contributed by atoms with Gasteiger partial charge in [-0.3, -0.25) is 4.72 Å². The summed E-state index contributed by atoms with van der Waals surface area (Å²) in [4.78, 5) is 0. The lowest BCUT2D eigenvalue weighted by Gasteiger charge is -2.08. The van der Waals surface area contributed by atoms with Crippen molar-refractivity contribution in [2.45, 2.75) is 12.8 Å². The third-order valence-corrected chi connectivity index (χ3v) is 4.74. The Labute approximate surface area is 128 Å². The quantitative estimate of drug-likeness (QED) is 0.857. The average molecular weight is 354 g/mol. The van der Waals surface area contributed by atoms with E-state index in [4.69, 9.17) is 0 Å². The zero-order valence-corrected chi connectivity index (χ0v) is 13.3. The van der Waals surface area contributed by atoms with Gasteiger partial charge in [0, 0.05) is 10.2 Å². The molecule has 2 rings (SSSR count). The third-order valence-electron chi connectivity index (χ3n) is 2.84. The van der Waals surface area contributed by atoms with Gasteiger partial charge in [-0.15, -0.1) is 0 Å². The average Bonchev–Trinajstić information content (AvgIpc) is 2.42. The molecule has 0 aliphatic heterocycles. The lowest BCUT2D eigenvalue weighted by molar-refractivity contribution is 0.598. The number of aryl methyl sites for hydroxylation is 1. The highest BCUT2D eigenvalue weighted by molar-refractivity contribution is 9.10. The van der Waals surface area contributed by atoms with E-state index < -0.39 is 10.0 Å². The van der Waals surface area contributed by atoms with Crippen molar-refractivity contribution in [3.8, 4) is 0 Å². The highest BCUT2D eigenvalue weighted by Crippen LogP contribution is 2.15. The van der Waals surface area contributed by atoms with Crippen molar-refractivity contribution in [1.82, 2.24) is 0 Å². The fourth-order valence-corrected chi connectivity index (χ4v) is 3.25. The number of rotatable bonds is 6. The normalized spacial score (nSPS) is 11.2. The van der Waals surface area contributed by atoms with Gasteiger partial charge in [0.05, 0.1) is 5.75 Å². The number of hydrogen-bond acceptors (Lipinski definition) is 2. The van der Waals surface area contributed by atoms with Crippen molar-refractivity contribution in [2.24, 2.45) is 0 Å². The highest BCUT2D eigenvalue weighted by atomic mass is 79.9.